The van der Waals surface area contributed by atoms with Crippen molar-refractivity contribution in [1.82, 2.24) is 0 Å². The summed E-state index contributed by atoms with van der Waals surface area (Å²) >= 11 is 7.44. The SMILES string of the molecule is COc1ccc(/C=C/C(=O)OCCSc2ccc(Cl)cc2)cc1OC. The predicted molar refractivity (Wildman–Crippen MR) is 102 cm³/mol. The second-order valence-electron chi connectivity index (χ2n) is 4.92. The molecule has 0 bridgehead atoms. The summed E-state index contributed by atoms with van der Waals surface area (Å²) in [6.07, 6.45) is 3.07. The maximum absolute atomic E-state index is 11.8. The predicted octanol–water partition coefficient (Wildman–Crippen LogP) is 4.71. The summed E-state index contributed by atoms with van der Waals surface area (Å²) in [6.45, 7) is 0.336. The van der Waals surface area contributed by atoms with Gasteiger partial charge in [-0.05, 0) is 48.0 Å². The lowest BCUT2D eigenvalue weighted by Crippen LogP contribution is -2.04. The highest BCUT2D eigenvalue weighted by Crippen LogP contribution is 2.28. The maximum Gasteiger partial charge on any atom is 0.330 e. The van der Waals surface area contributed by atoms with Crippen molar-refractivity contribution in [2.24, 2.45) is 0 Å². The van der Waals surface area contributed by atoms with E-state index in [4.69, 9.17) is 25.8 Å². The lowest BCUT2D eigenvalue weighted by molar-refractivity contribution is -0.137. The molecule has 2 rings (SSSR count). The summed E-state index contributed by atoms with van der Waals surface area (Å²) in [4.78, 5) is 12.8. The van der Waals surface area contributed by atoms with Crippen LogP contribution in [-0.4, -0.2) is 32.5 Å². The molecule has 0 aliphatic rings. The van der Waals surface area contributed by atoms with E-state index in [-0.39, 0.29) is 5.97 Å². The number of hydrogen-bond acceptors (Lipinski definition) is 5. The molecule has 0 aliphatic carbocycles. The topological polar surface area (TPSA) is 44.8 Å². The van der Waals surface area contributed by atoms with Crippen LogP contribution in [0.4, 0.5) is 0 Å². The highest BCUT2D eigenvalue weighted by molar-refractivity contribution is 7.99. The Kier molecular flexibility index (Phi) is 7.70. The van der Waals surface area contributed by atoms with Crippen molar-refractivity contribution >= 4 is 35.4 Å². The molecule has 132 valence electrons. The zero-order valence-corrected chi connectivity index (χ0v) is 15.6. The monoisotopic (exact) mass is 378 g/mol. The molecule has 0 amide bonds. The first-order valence-corrected chi connectivity index (χ1v) is 8.94. The number of hydrogen-bond donors (Lipinski definition) is 0. The average Bonchev–Trinajstić information content (AvgIpc) is 2.64. The van der Waals surface area contributed by atoms with E-state index >= 15 is 0 Å². The number of carbonyl (C=O) groups excluding carboxylic acids is 1. The van der Waals surface area contributed by atoms with Crippen molar-refractivity contribution in [2.45, 2.75) is 4.90 Å². The van der Waals surface area contributed by atoms with Gasteiger partial charge in [-0.25, -0.2) is 4.79 Å². The molecule has 0 unspecified atom stereocenters. The molecule has 25 heavy (non-hydrogen) atoms. The molecular formula is C19H19ClO4S. The molecule has 0 heterocycles. The second-order valence-corrected chi connectivity index (χ2v) is 6.52. The van der Waals surface area contributed by atoms with Gasteiger partial charge in [0, 0.05) is 21.7 Å². The third-order valence-corrected chi connectivity index (χ3v) is 4.46. The van der Waals surface area contributed by atoms with E-state index in [2.05, 4.69) is 0 Å². The number of carbonyl (C=O) groups is 1. The van der Waals surface area contributed by atoms with Crippen LogP contribution >= 0.6 is 23.4 Å². The van der Waals surface area contributed by atoms with Crippen LogP contribution in [0.5, 0.6) is 11.5 Å². The van der Waals surface area contributed by atoms with Gasteiger partial charge < -0.3 is 14.2 Å². The van der Waals surface area contributed by atoms with Crippen LogP contribution in [0.25, 0.3) is 6.08 Å². The Balaban J connectivity index is 1.77. The van der Waals surface area contributed by atoms with E-state index in [1.54, 1.807) is 44.2 Å². The maximum atomic E-state index is 11.8. The lowest BCUT2D eigenvalue weighted by atomic mass is 10.2. The molecular weight excluding hydrogens is 360 g/mol. The molecule has 0 fully saturated rings. The van der Waals surface area contributed by atoms with E-state index in [0.29, 0.717) is 28.9 Å². The molecule has 0 atom stereocenters. The molecule has 0 aliphatic heterocycles. The van der Waals surface area contributed by atoms with Crippen LogP contribution in [0.3, 0.4) is 0 Å². The van der Waals surface area contributed by atoms with Crippen molar-refractivity contribution in [3.8, 4) is 11.5 Å². The molecule has 2 aromatic carbocycles. The number of ether oxygens (including phenoxy) is 3. The summed E-state index contributed by atoms with van der Waals surface area (Å²) < 4.78 is 15.6. The Labute approximate surface area is 156 Å². The first-order chi connectivity index (χ1) is 12.1. The Morgan fingerprint density at radius 2 is 1.80 bits per heavy atom. The summed E-state index contributed by atoms with van der Waals surface area (Å²) in [5.74, 6) is 1.54. The summed E-state index contributed by atoms with van der Waals surface area (Å²) in [5, 5.41) is 0.705. The molecule has 0 radical (unpaired) electrons. The number of methoxy groups -OCH3 is 2. The minimum atomic E-state index is -0.383. The first kappa shape index (κ1) is 19.2. The fourth-order valence-electron chi connectivity index (χ4n) is 2.00. The van der Waals surface area contributed by atoms with Gasteiger partial charge in [0.15, 0.2) is 11.5 Å². The van der Waals surface area contributed by atoms with Crippen LogP contribution in [-0.2, 0) is 9.53 Å². The number of thioether (sulfide) groups is 1. The number of esters is 1. The third-order valence-electron chi connectivity index (χ3n) is 3.23. The van der Waals surface area contributed by atoms with Crippen LogP contribution in [0.15, 0.2) is 53.4 Å². The largest absolute Gasteiger partial charge is 0.493 e. The highest BCUT2D eigenvalue weighted by Gasteiger charge is 2.04. The van der Waals surface area contributed by atoms with Gasteiger partial charge in [-0.2, -0.15) is 0 Å². The molecule has 2 aromatic rings. The van der Waals surface area contributed by atoms with Gasteiger partial charge in [0.2, 0.25) is 0 Å². The van der Waals surface area contributed by atoms with Crippen molar-refractivity contribution < 1.29 is 19.0 Å². The van der Waals surface area contributed by atoms with Crippen LogP contribution in [0, 0.1) is 0 Å². The van der Waals surface area contributed by atoms with Crippen molar-refractivity contribution in [3.05, 3.63) is 59.1 Å². The molecule has 6 heteroatoms. The fraction of sp³-hybridized carbons (Fsp3) is 0.211. The van der Waals surface area contributed by atoms with Gasteiger partial charge >= 0.3 is 5.97 Å². The first-order valence-electron chi connectivity index (χ1n) is 7.57. The molecule has 0 spiro atoms. The molecule has 4 nitrogen and oxygen atoms in total. The highest BCUT2D eigenvalue weighted by atomic mass is 35.5. The van der Waals surface area contributed by atoms with Gasteiger partial charge in [-0.1, -0.05) is 17.7 Å². The Hall–Kier alpha value is -2.11. The minimum Gasteiger partial charge on any atom is -0.493 e. The lowest BCUT2D eigenvalue weighted by Gasteiger charge is -2.07. The zero-order valence-electron chi connectivity index (χ0n) is 14.0. The Bertz CT molecular complexity index is 729. The van der Waals surface area contributed by atoms with Gasteiger partial charge in [-0.15, -0.1) is 11.8 Å². The minimum absolute atomic E-state index is 0.336. The Morgan fingerprint density at radius 1 is 1.08 bits per heavy atom. The van der Waals surface area contributed by atoms with E-state index in [9.17, 15) is 4.79 Å². The van der Waals surface area contributed by atoms with E-state index in [1.807, 2.05) is 30.3 Å². The van der Waals surface area contributed by atoms with Crippen LogP contribution < -0.4 is 9.47 Å². The normalized spacial score (nSPS) is 10.7. The number of rotatable bonds is 8. The van der Waals surface area contributed by atoms with Crippen molar-refractivity contribution in [1.29, 1.82) is 0 Å². The van der Waals surface area contributed by atoms with Crippen molar-refractivity contribution in [3.63, 3.8) is 0 Å². The fourth-order valence-corrected chi connectivity index (χ4v) is 2.86. The molecule has 0 N–H and O–H groups in total. The van der Waals surface area contributed by atoms with Gasteiger partial charge in [-0.3, -0.25) is 0 Å². The molecule has 0 saturated heterocycles. The third kappa shape index (κ3) is 6.36. The Morgan fingerprint density at radius 3 is 2.48 bits per heavy atom. The van der Waals surface area contributed by atoms with Crippen LogP contribution in [0.2, 0.25) is 5.02 Å². The van der Waals surface area contributed by atoms with Crippen LogP contribution in [0.1, 0.15) is 5.56 Å². The quantitative estimate of drug-likeness (QED) is 0.288. The van der Waals surface area contributed by atoms with Crippen molar-refractivity contribution in [2.75, 3.05) is 26.6 Å². The summed E-state index contributed by atoms with van der Waals surface area (Å²) in [5.41, 5.74) is 0.824. The van der Waals surface area contributed by atoms with Gasteiger partial charge in [0.05, 0.1) is 14.2 Å². The summed E-state index contributed by atoms with van der Waals surface area (Å²) in [7, 11) is 3.14. The van der Waals surface area contributed by atoms with E-state index < -0.39 is 0 Å². The van der Waals surface area contributed by atoms with Gasteiger partial charge in [0.1, 0.15) is 6.61 Å². The molecule has 0 aromatic heterocycles. The summed E-state index contributed by atoms with van der Waals surface area (Å²) in [6, 6.07) is 13.0. The van der Waals surface area contributed by atoms with E-state index in [0.717, 1.165) is 10.5 Å². The van der Waals surface area contributed by atoms with E-state index in [1.165, 1.54) is 6.08 Å². The standard InChI is InChI=1S/C19H19ClO4S/c1-22-17-9-3-14(13-18(17)23-2)4-10-19(21)24-11-12-25-16-7-5-15(20)6-8-16/h3-10,13H,11-12H2,1-2H3/b10-4+. The molecule has 0 saturated carbocycles. The second kappa shape index (κ2) is 10.0. The number of halogens is 1. The zero-order chi connectivity index (χ0) is 18.1. The number of benzene rings is 2. The smallest absolute Gasteiger partial charge is 0.330 e. The average molecular weight is 379 g/mol. The van der Waals surface area contributed by atoms with Gasteiger partial charge in [0.25, 0.3) is 0 Å².